The summed E-state index contributed by atoms with van der Waals surface area (Å²) in [7, 11) is 0. The maximum atomic E-state index is 12.1. The van der Waals surface area contributed by atoms with Crippen LogP contribution in [0.4, 0.5) is 0 Å². The summed E-state index contributed by atoms with van der Waals surface area (Å²) in [5.41, 5.74) is -0.0102. The minimum absolute atomic E-state index is 0.155. The Kier molecular flexibility index (Phi) is 4.94. The number of carboxylic acids is 1. The summed E-state index contributed by atoms with van der Waals surface area (Å²) in [6.07, 6.45) is 5.52. The molecule has 0 aromatic carbocycles. The fourth-order valence-electron chi connectivity index (χ4n) is 2.30. The van der Waals surface area contributed by atoms with E-state index in [2.05, 4.69) is 22.2 Å². The Hall–Kier alpha value is -1.63. The Labute approximate surface area is 121 Å². The zero-order valence-corrected chi connectivity index (χ0v) is 12.0. The number of rotatable bonds is 5. The molecule has 6 nitrogen and oxygen atoms in total. The van der Waals surface area contributed by atoms with Gasteiger partial charge in [0.25, 0.3) is 5.91 Å². The molecule has 20 heavy (non-hydrogen) atoms. The first-order valence-electron chi connectivity index (χ1n) is 6.59. The van der Waals surface area contributed by atoms with Crippen molar-refractivity contribution in [3.05, 3.63) is 23.8 Å². The molecule has 0 bridgehead atoms. The predicted molar refractivity (Wildman–Crippen MR) is 76.0 cm³/mol. The van der Waals surface area contributed by atoms with Crippen molar-refractivity contribution in [2.75, 3.05) is 5.75 Å². The van der Waals surface area contributed by atoms with Gasteiger partial charge in [-0.1, -0.05) is 13.3 Å². The van der Waals surface area contributed by atoms with Crippen LogP contribution in [0.15, 0.2) is 12.4 Å². The highest BCUT2D eigenvalue weighted by molar-refractivity contribution is 7.99. The maximum Gasteiger partial charge on any atom is 0.356 e. The normalized spacial score (nSPS) is 21.6. The summed E-state index contributed by atoms with van der Waals surface area (Å²) in [4.78, 5) is 30.3. The first-order valence-corrected chi connectivity index (χ1v) is 7.64. The van der Waals surface area contributed by atoms with Gasteiger partial charge in [-0.2, -0.15) is 11.8 Å². The molecule has 108 valence electrons. The van der Waals surface area contributed by atoms with Crippen molar-refractivity contribution in [1.82, 2.24) is 15.3 Å². The molecule has 1 saturated carbocycles. The highest BCUT2D eigenvalue weighted by Crippen LogP contribution is 2.29. The summed E-state index contributed by atoms with van der Waals surface area (Å²) < 4.78 is 0. The van der Waals surface area contributed by atoms with Gasteiger partial charge in [-0.15, -0.1) is 0 Å². The molecule has 0 aliphatic heterocycles. The van der Waals surface area contributed by atoms with Crippen molar-refractivity contribution in [1.29, 1.82) is 0 Å². The largest absolute Gasteiger partial charge is 0.476 e. The average Bonchev–Trinajstić information content (AvgIpc) is 2.86. The minimum atomic E-state index is -1.15. The Morgan fingerprint density at radius 1 is 1.35 bits per heavy atom. The molecule has 0 spiro atoms. The fraction of sp³-hybridized carbons (Fsp3) is 0.538. The van der Waals surface area contributed by atoms with Gasteiger partial charge < -0.3 is 10.4 Å². The number of thioether (sulfide) groups is 1. The lowest BCUT2D eigenvalue weighted by molar-refractivity contribution is 0.0689. The second kappa shape index (κ2) is 6.69. The minimum Gasteiger partial charge on any atom is -0.476 e. The summed E-state index contributed by atoms with van der Waals surface area (Å²) in [6.45, 7) is 2.11. The van der Waals surface area contributed by atoms with Gasteiger partial charge in [-0.05, 0) is 18.6 Å². The van der Waals surface area contributed by atoms with Crippen molar-refractivity contribution < 1.29 is 14.7 Å². The molecule has 1 aliphatic rings. The van der Waals surface area contributed by atoms with Crippen LogP contribution in [-0.2, 0) is 0 Å². The van der Waals surface area contributed by atoms with Gasteiger partial charge in [-0.3, -0.25) is 4.79 Å². The Morgan fingerprint density at radius 3 is 2.65 bits per heavy atom. The summed E-state index contributed by atoms with van der Waals surface area (Å²) >= 11 is 1.86. The molecule has 2 N–H and O–H groups in total. The maximum absolute atomic E-state index is 12.1. The number of amides is 1. The lowest BCUT2D eigenvalue weighted by Crippen LogP contribution is -2.39. The van der Waals surface area contributed by atoms with Gasteiger partial charge in [0, 0.05) is 11.3 Å². The second-order valence-electron chi connectivity index (χ2n) is 4.60. The molecule has 0 radical (unpaired) electrons. The van der Waals surface area contributed by atoms with E-state index < -0.39 is 5.97 Å². The topological polar surface area (TPSA) is 92.2 Å². The Morgan fingerprint density at radius 2 is 2.05 bits per heavy atom. The number of aromatic carboxylic acids is 1. The van der Waals surface area contributed by atoms with Gasteiger partial charge >= 0.3 is 5.97 Å². The third-order valence-electron chi connectivity index (χ3n) is 3.25. The van der Waals surface area contributed by atoms with Gasteiger partial charge in [0.05, 0.1) is 12.4 Å². The zero-order chi connectivity index (χ0) is 14.5. The van der Waals surface area contributed by atoms with E-state index in [0.717, 1.165) is 31.2 Å². The van der Waals surface area contributed by atoms with E-state index in [1.54, 1.807) is 0 Å². The average molecular weight is 295 g/mol. The van der Waals surface area contributed by atoms with E-state index in [1.165, 1.54) is 6.20 Å². The van der Waals surface area contributed by atoms with Crippen LogP contribution in [-0.4, -0.2) is 44.0 Å². The number of hydrogen-bond acceptors (Lipinski definition) is 5. The zero-order valence-electron chi connectivity index (χ0n) is 11.2. The molecule has 2 rings (SSSR count). The molecule has 1 heterocycles. The molecular weight excluding hydrogens is 278 g/mol. The summed E-state index contributed by atoms with van der Waals surface area (Å²) in [5.74, 6) is -0.410. The molecular formula is C13H17N3O3S. The fourth-order valence-corrected chi connectivity index (χ4v) is 3.50. The number of hydrogen-bond donors (Lipinski definition) is 2. The molecule has 2 unspecified atom stereocenters. The van der Waals surface area contributed by atoms with Crippen LogP contribution in [0.3, 0.4) is 0 Å². The molecule has 7 heteroatoms. The van der Waals surface area contributed by atoms with Crippen LogP contribution in [0.1, 0.15) is 47.2 Å². The molecule has 0 saturated heterocycles. The van der Waals surface area contributed by atoms with Crippen LogP contribution in [0.25, 0.3) is 0 Å². The van der Waals surface area contributed by atoms with E-state index >= 15 is 0 Å². The van der Waals surface area contributed by atoms with E-state index in [4.69, 9.17) is 5.11 Å². The van der Waals surface area contributed by atoms with Gasteiger partial charge in [0.2, 0.25) is 0 Å². The van der Waals surface area contributed by atoms with Crippen molar-refractivity contribution in [2.24, 2.45) is 0 Å². The highest BCUT2D eigenvalue weighted by atomic mass is 32.2. The van der Waals surface area contributed by atoms with E-state index in [9.17, 15) is 9.59 Å². The molecule has 1 aromatic heterocycles. The van der Waals surface area contributed by atoms with Crippen LogP contribution >= 0.6 is 11.8 Å². The third-order valence-corrected chi connectivity index (χ3v) is 4.58. The van der Waals surface area contributed by atoms with E-state index in [-0.39, 0.29) is 23.3 Å². The summed E-state index contributed by atoms with van der Waals surface area (Å²) in [6, 6.07) is 0.161. The first-order chi connectivity index (χ1) is 9.61. The first kappa shape index (κ1) is 14.8. The second-order valence-corrected chi connectivity index (χ2v) is 6.11. The molecule has 1 aliphatic carbocycles. The lowest BCUT2D eigenvalue weighted by atomic mass is 10.2. The number of carboxylic acid groups (broad SMARTS) is 1. The van der Waals surface area contributed by atoms with Crippen molar-refractivity contribution in [3.63, 3.8) is 0 Å². The highest BCUT2D eigenvalue weighted by Gasteiger charge is 2.29. The Balaban J connectivity index is 1.99. The van der Waals surface area contributed by atoms with Crippen LogP contribution in [0.5, 0.6) is 0 Å². The van der Waals surface area contributed by atoms with Gasteiger partial charge in [0.15, 0.2) is 5.69 Å². The van der Waals surface area contributed by atoms with Gasteiger partial charge in [-0.25, -0.2) is 14.8 Å². The smallest absolute Gasteiger partial charge is 0.356 e. The lowest BCUT2D eigenvalue weighted by Gasteiger charge is -2.19. The van der Waals surface area contributed by atoms with Crippen molar-refractivity contribution in [2.45, 2.75) is 37.5 Å². The van der Waals surface area contributed by atoms with Crippen molar-refractivity contribution in [3.8, 4) is 0 Å². The van der Waals surface area contributed by atoms with Crippen LogP contribution in [0, 0.1) is 0 Å². The number of carbonyl (C=O) groups is 2. The van der Waals surface area contributed by atoms with Crippen LogP contribution in [0.2, 0.25) is 0 Å². The molecule has 2 atom stereocenters. The molecule has 1 amide bonds. The van der Waals surface area contributed by atoms with E-state index in [0.29, 0.717) is 5.25 Å². The van der Waals surface area contributed by atoms with Gasteiger partial charge in [0.1, 0.15) is 5.69 Å². The quantitative estimate of drug-likeness (QED) is 0.857. The Bertz CT molecular complexity index is 492. The number of nitrogens with zero attached hydrogens (tertiary/aromatic N) is 2. The number of nitrogens with one attached hydrogen (secondary N) is 1. The predicted octanol–water partition coefficient (Wildman–Crippen LogP) is 1.58. The summed E-state index contributed by atoms with van der Waals surface area (Å²) in [5, 5.41) is 12.2. The van der Waals surface area contributed by atoms with Crippen molar-refractivity contribution >= 4 is 23.6 Å². The van der Waals surface area contributed by atoms with Crippen LogP contribution < -0.4 is 5.32 Å². The number of aromatic nitrogens is 2. The molecule has 1 aromatic rings. The number of carbonyl (C=O) groups excluding carboxylic acids is 1. The van der Waals surface area contributed by atoms with E-state index in [1.807, 2.05) is 11.8 Å². The third kappa shape index (κ3) is 3.47. The monoisotopic (exact) mass is 295 g/mol. The molecule has 1 fully saturated rings. The standard InChI is InChI=1S/C13H17N3O3S/c1-2-20-11-5-3-4-8(11)16-12(17)9-6-15-10(7-14-9)13(18)19/h6-8,11H,2-5H2,1H3,(H,16,17)(H,18,19). The SMILES string of the molecule is CCSC1CCCC1NC(=O)c1cnc(C(=O)O)cn1.